The summed E-state index contributed by atoms with van der Waals surface area (Å²) in [7, 11) is -3.54. The summed E-state index contributed by atoms with van der Waals surface area (Å²) in [6, 6.07) is 20.7. The lowest BCUT2D eigenvalue weighted by Crippen LogP contribution is -2.40. The number of rotatable bonds is 7. The summed E-state index contributed by atoms with van der Waals surface area (Å²) in [5.41, 5.74) is 1.94. The van der Waals surface area contributed by atoms with Gasteiger partial charge in [-0.1, -0.05) is 30.3 Å². The zero-order valence-electron chi connectivity index (χ0n) is 16.4. The van der Waals surface area contributed by atoms with E-state index in [0.717, 1.165) is 17.0 Å². The minimum atomic E-state index is -3.54. The third-order valence-corrected chi connectivity index (χ3v) is 6.60. The molecule has 3 aromatic rings. The van der Waals surface area contributed by atoms with E-state index in [4.69, 9.17) is 9.47 Å². The highest BCUT2D eigenvalue weighted by molar-refractivity contribution is 7.89. The normalized spacial score (nSPS) is 14.9. The van der Waals surface area contributed by atoms with Gasteiger partial charge in [0.2, 0.25) is 10.0 Å². The molecule has 0 saturated carbocycles. The van der Waals surface area contributed by atoms with Crippen LogP contribution in [0.4, 0.5) is 11.5 Å². The first-order valence-electron chi connectivity index (χ1n) is 9.69. The highest BCUT2D eigenvalue weighted by Gasteiger charge is 2.26. The first kappa shape index (κ1) is 20.3. The molecule has 0 bridgehead atoms. The number of aromatic nitrogens is 1. The molecule has 0 amide bonds. The zero-order chi connectivity index (χ0) is 20.8. The van der Waals surface area contributed by atoms with Crippen LogP contribution in [0.25, 0.3) is 0 Å². The van der Waals surface area contributed by atoms with E-state index in [-0.39, 0.29) is 4.90 Å². The first-order chi connectivity index (χ1) is 14.6. The zero-order valence-corrected chi connectivity index (χ0v) is 17.2. The molecule has 1 fully saturated rings. The molecule has 1 aliphatic heterocycles. The number of hydrogen-bond donors (Lipinski definition) is 1. The lowest BCUT2D eigenvalue weighted by molar-refractivity contribution is 0.0730. The summed E-state index contributed by atoms with van der Waals surface area (Å²) in [6.07, 6.45) is 1.38. The molecule has 0 aliphatic carbocycles. The van der Waals surface area contributed by atoms with E-state index in [9.17, 15) is 8.42 Å². The minimum Gasteiger partial charge on any atom is -0.489 e. The van der Waals surface area contributed by atoms with Gasteiger partial charge in [-0.05, 0) is 42.0 Å². The average molecular weight is 426 g/mol. The Kier molecular flexibility index (Phi) is 6.27. The number of anilines is 2. The van der Waals surface area contributed by atoms with Gasteiger partial charge in [-0.3, -0.25) is 0 Å². The molecule has 2 heterocycles. The quantitative estimate of drug-likeness (QED) is 0.625. The summed E-state index contributed by atoms with van der Waals surface area (Å²) < 4.78 is 37.7. The van der Waals surface area contributed by atoms with Crippen LogP contribution in [0.1, 0.15) is 5.56 Å². The lowest BCUT2D eigenvalue weighted by atomic mass is 10.2. The van der Waals surface area contributed by atoms with E-state index < -0.39 is 10.0 Å². The second-order valence-corrected chi connectivity index (χ2v) is 8.76. The first-order valence-corrected chi connectivity index (χ1v) is 11.1. The number of ether oxygens (including phenoxy) is 2. The van der Waals surface area contributed by atoms with Crippen LogP contribution < -0.4 is 10.1 Å². The third-order valence-electron chi connectivity index (χ3n) is 4.72. The van der Waals surface area contributed by atoms with Gasteiger partial charge in [0.05, 0.1) is 13.2 Å². The molecule has 1 aliphatic rings. The Morgan fingerprint density at radius 3 is 2.37 bits per heavy atom. The Morgan fingerprint density at radius 2 is 1.70 bits per heavy atom. The molecule has 1 saturated heterocycles. The molecular formula is C22H23N3O4S. The van der Waals surface area contributed by atoms with E-state index in [0.29, 0.717) is 38.7 Å². The van der Waals surface area contributed by atoms with Gasteiger partial charge in [0.15, 0.2) is 0 Å². The Labute approximate surface area is 176 Å². The Morgan fingerprint density at radius 1 is 0.967 bits per heavy atom. The van der Waals surface area contributed by atoms with Gasteiger partial charge in [0.1, 0.15) is 23.1 Å². The monoisotopic (exact) mass is 425 g/mol. The fraction of sp³-hybridized carbons (Fsp3) is 0.227. The molecule has 0 unspecified atom stereocenters. The SMILES string of the molecule is O=S(=O)(c1ccc(Nc2ccc(OCc3ccccc3)cc2)nc1)N1CCOCC1. The molecule has 0 atom stereocenters. The van der Waals surface area contributed by atoms with Crippen molar-refractivity contribution in [2.24, 2.45) is 0 Å². The number of pyridine rings is 1. The summed E-state index contributed by atoms with van der Waals surface area (Å²) in [5, 5.41) is 3.17. The van der Waals surface area contributed by atoms with Gasteiger partial charge in [0, 0.05) is 25.0 Å². The van der Waals surface area contributed by atoms with E-state index in [1.54, 1.807) is 12.1 Å². The van der Waals surface area contributed by atoms with Crippen molar-refractivity contribution in [1.29, 1.82) is 0 Å². The van der Waals surface area contributed by atoms with Crippen LogP contribution in [0, 0.1) is 0 Å². The van der Waals surface area contributed by atoms with Crippen LogP contribution in [0.5, 0.6) is 5.75 Å². The van der Waals surface area contributed by atoms with Crippen LogP contribution in [-0.2, 0) is 21.4 Å². The van der Waals surface area contributed by atoms with E-state index in [2.05, 4.69) is 10.3 Å². The molecule has 8 heteroatoms. The number of nitrogens with zero attached hydrogens (tertiary/aromatic N) is 2. The topological polar surface area (TPSA) is 80.8 Å². The van der Waals surface area contributed by atoms with E-state index in [1.165, 1.54) is 10.5 Å². The molecule has 1 aromatic heterocycles. The predicted molar refractivity (Wildman–Crippen MR) is 114 cm³/mol. The van der Waals surface area contributed by atoms with Crippen molar-refractivity contribution in [2.75, 3.05) is 31.6 Å². The van der Waals surface area contributed by atoms with Crippen molar-refractivity contribution < 1.29 is 17.9 Å². The number of sulfonamides is 1. The van der Waals surface area contributed by atoms with Gasteiger partial charge in [-0.2, -0.15) is 4.31 Å². The molecular weight excluding hydrogens is 402 g/mol. The standard InChI is InChI=1S/C22H23N3O4S/c26-30(27,25-12-14-28-15-13-25)21-10-11-22(23-16-21)24-19-6-8-20(9-7-19)29-17-18-4-2-1-3-5-18/h1-11,16H,12-15,17H2,(H,23,24). The Balaban J connectivity index is 1.36. The minimum absolute atomic E-state index is 0.180. The molecule has 30 heavy (non-hydrogen) atoms. The molecule has 4 rings (SSSR count). The van der Waals surface area contributed by atoms with Gasteiger partial charge in [0.25, 0.3) is 0 Å². The smallest absolute Gasteiger partial charge is 0.244 e. The summed E-state index contributed by atoms with van der Waals surface area (Å²) in [6.45, 7) is 2.06. The van der Waals surface area contributed by atoms with Crippen LogP contribution in [0.2, 0.25) is 0 Å². The largest absolute Gasteiger partial charge is 0.489 e. The number of benzene rings is 2. The number of nitrogens with one attached hydrogen (secondary N) is 1. The lowest BCUT2D eigenvalue weighted by Gasteiger charge is -2.25. The number of morpholine rings is 1. The Hall–Kier alpha value is -2.94. The third kappa shape index (κ3) is 4.96. The van der Waals surface area contributed by atoms with Crippen LogP contribution in [0.15, 0.2) is 77.8 Å². The van der Waals surface area contributed by atoms with E-state index in [1.807, 2.05) is 54.6 Å². The van der Waals surface area contributed by atoms with Gasteiger partial charge >= 0.3 is 0 Å². The number of hydrogen-bond acceptors (Lipinski definition) is 6. The summed E-state index contributed by atoms with van der Waals surface area (Å²) >= 11 is 0. The van der Waals surface area contributed by atoms with Crippen LogP contribution in [0.3, 0.4) is 0 Å². The van der Waals surface area contributed by atoms with Crippen molar-refractivity contribution in [2.45, 2.75) is 11.5 Å². The van der Waals surface area contributed by atoms with Crippen LogP contribution >= 0.6 is 0 Å². The maximum Gasteiger partial charge on any atom is 0.244 e. The van der Waals surface area contributed by atoms with Gasteiger partial charge in [-0.25, -0.2) is 13.4 Å². The fourth-order valence-corrected chi connectivity index (χ4v) is 4.42. The molecule has 0 spiro atoms. The highest BCUT2D eigenvalue weighted by atomic mass is 32.2. The molecule has 156 valence electrons. The Bertz CT molecular complexity index is 1050. The molecule has 0 radical (unpaired) electrons. The molecule has 1 N–H and O–H groups in total. The van der Waals surface area contributed by atoms with Crippen LogP contribution in [-0.4, -0.2) is 44.0 Å². The van der Waals surface area contributed by atoms with Crippen molar-refractivity contribution in [3.8, 4) is 5.75 Å². The van der Waals surface area contributed by atoms with Crippen molar-refractivity contribution in [3.63, 3.8) is 0 Å². The van der Waals surface area contributed by atoms with Gasteiger partial charge in [-0.15, -0.1) is 0 Å². The second-order valence-electron chi connectivity index (χ2n) is 6.82. The average Bonchev–Trinajstić information content (AvgIpc) is 2.80. The van der Waals surface area contributed by atoms with Crippen molar-refractivity contribution in [3.05, 3.63) is 78.5 Å². The van der Waals surface area contributed by atoms with Crippen molar-refractivity contribution in [1.82, 2.24) is 9.29 Å². The summed E-state index contributed by atoms with van der Waals surface area (Å²) in [5.74, 6) is 1.33. The van der Waals surface area contributed by atoms with Gasteiger partial charge < -0.3 is 14.8 Å². The maximum atomic E-state index is 12.7. The van der Waals surface area contributed by atoms with E-state index >= 15 is 0 Å². The second kappa shape index (κ2) is 9.25. The molecule has 7 nitrogen and oxygen atoms in total. The fourth-order valence-electron chi connectivity index (χ4n) is 3.07. The summed E-state index contributed by atoms with van der Waals surface area (Å²) in [4.78, 5) is 4.43. The van der Waals surface area contributed by atoms with Crippen molar-refractivity contribution >= 4 is 21.5 Å². The predicted octanol–water partition coefficient (Wildman–Crippen LogP) is 3.43. The maximum absolute atomic E-state index is 12.7. The molecule has 2 aromatic carbocycles. The highest BCUT2D eigenvalue weighted by Crippen LogP contribution is 2.22.